The van der Waals surface area contributed by atoms with Crippen molar-refractivity contribution in [1.29, 1.82) is 10.5 Å². The fourth-order valence-electron chi connectivity index (χ4n) is 2.73. The van der Waals surface area contributed by atoms with Crippen molar-refractivity contribution in [2.24, 2.45) is 9.98 Å². The Morgan fingerprint density at radius 3 is 1.40 bits per heavy atom. The lowest BCUT2D eigenvalue weighted by atomic mass is 10.1. The normalized spacial score (nSPS) is 10.7. The van der Waals surface area contributed by atoms with E-state index in [1.54, 1.807) is 49.2 Å². The molecule has 30 heavy (non-hydrogen) atoms. The molecule has 0 saturated heterocycles. The second-order valence-corrected chi connectivity index (χ2v) is 6.47. The second kappa shape index (κ2) is 9.68. The third-order valence-electron chi connectivity index (χ3n) is 4.31. The van der Waals surface area contributed by atoms with Gasteiger partial charge in [0.25, 0.3) is 12.5 Å². The molecular formula is C24H18N4O2. The monoisotopic (exact) mass is 394 g/mol. The average Bonchev–Trinajstić information content (AvgIpc) is 2.74. The molecule has 146 valence electrons. The van der Waals surface area contributed by atoms with Crippen LogP contribution in [-0.4, -0.2) is 12.4 Å². The van der Waals surface area contributed by atoms with Gasteiger partial charge in [-0.15, -0.1) is 10.5 Å². The molecule has 0 aliphatic carbocycles. The maximum Gasteiger partial charge on any atom is 0.292 e. The molecule has 3 aromatic carbocycles. The van der Waals surface area contributed by atoms with E-state index in [4.69, 9.17) is 20.0 Å². The Labute approximate surface area is 175 Å². The minimum atomic E-state index is 0.500. The van der Waals surface area contributed by atoms with Crippen LogP contribution in [0.5, 0.6) is 11.5 Å². The van der Waals surface area contributed by atoms with E-state index in [0.717, 1.165) is 33.6 Å². The van der Waals surface area contributed by atoms with Gasteiger partial charge in [-0.1, -0.05) is 24.3 Å². The fraction of sp³-hybridized carbons (Fsp3) is 0.0833. The zero-order valence-corrected chi connectivity index (χ0v) is 16.5. The van der Waals surface area contributed by atoms with E-state index in [1.165, 1.54) is 0 Å². The molecule has 0 fully saturated rings. The highest BCUT2D eigenvalue weighted by atomic mass is 16.5. The van der Waals surface area contributed by atoms with Crippen molar-refractivity contribution in [3.63, 3.8) is 0 Å². The number of nitriles is 2. The summed E-state index contributed by atoms with van der Waals surface area (Å²) in [5.41, 5.74) is 5.38. The standard InChI is InChI=1S/C24H18N4O2/c1-17-11-21(29-15-25)7-9-23(17)27-13-19-3-5-20(6-4-19)14-28-24-10-8-22(30-16-26)12-18(24)2/h3-14H,1-2H3. The van der Waals surface area contributed by atoms with E-state index in [0.29, 0.717) is 11.5 Å². The highest BCUT2D eigenvalue weighted by Crippen LogP contribution is 2.25. The maximum absolute atomic E-state index is 8.57. The van der Waals surface area contributed by atoms with Gasteiger partial charge in [0.05, 0.1) is 11.4 Å². The summed E-state index contributed by atoms with van der Waals surface area (Å²) in [6, 6.07) is 18.4. The molecular weight excluding hydrogens is 376 g/mol. The molecule has 0 N–H and O–H groups in total. The predicted octanol–water partition coefficient (Wildman–Crippen LogP) is 5.52. The summed E-state index contributed by atoms with van der Waals surface area (Å²) < 4.78 is 9.64. The quantitative estimate of drug-likeness (QED) is 0.406. The summed E-state index contributed by atoms with van der Waals surface area (Å²) in [5.74, 6) is 1.00. The zero-order chi connectivity index (χ0) is 21.3. The number of nitrogens with zero attached hydrogens (tertiary/aromatic N) is 4. The van der Waals surface area contributed by atoms with Crippen molar-refractivity contribution in [3.05, 3.63) is 82.9 Å². The Morgan fingerprint density at radius 2 is 1.07 bits per heavy atom. The highest BCUT2D eigenvalue weighted by molar-refractivity contribution is 5.86. The van der Waals surface area contributed by atoms with Crippen LogP contribution in [0.25, 0.3) is 0 Å². The summed E-state index contributed by atoms with van der Waals surface area (Å²) in [5, 5.41) is 17.1. The van der Waals surface area contributed by atoms with Crippen molar-refractivity contribution in [3.8, 4) is 24.0 Å². The first kappa shape index (κ1) is 20.3. The number of ether oxygens (including phenoxy) is 2. The Morgan fingerprint density at radius 1 is 0.667 bits per heavy atom. The van der Waals surface area contributed by atoms with Gasteiger partial charge in [0.1, 0.15) is 11.5 Å². The molecule has 0 bridgehead atoms. The highest BCUT2D eigenvalue weighted by Gasteiger charge is 2.01. The molecule has 0 atom stereocenters. The SMILES string of the molecule is Cc1cc(OC#N)ccc1N=Cc1ccc(C=Nc2ccc(OC#N)cc2C)cc1. The second-order valence-electron chi connectivity index (χ2n) is 6.47. The predicted molar refractivity (Wildman–Crippen MR) is 116 cm³/mol. The smallest absolute Gasteiger partial charge is 0.292 e. The van der Waals surface area contributed by atoms with Crippen LogP contribution in [0.2, 0.25) is 0 Å². The van der Waals surface area contributed by atoms with Crippen LogP contribution >= 0.6 is 0 Å². The lowest BCUT2D eigenvalue weighted by Gasteiger charge is -2.03. The number of benzene rings is 3. The van der Waals surface area contributed by atoms with Crippen molar-refractivity contribution in [1.82, 2.24) is 0 Å². The number of aliphatic imine (C=N–C) groups is 2. The average molecular weight is 394 g/mol. The third kappa shape index (κ3) is 5.31. The van der Waals surface area contributed by atoms with Crippen LogP contribution in [0.1, 0.15) is 22.3 Å². The summed E-state index contributed by atoms with van der Waals surface area (Å²) in [4.78, 5) is 9.01. The van der Waals surface area contributed by atoms with Crippen LogP contribution < -0.4 is 9.47 Å². The number of hydrogen-bond donors (Lipinski definition) is 0. The molecule has 3 aromatic rings. The van der Waals surface area contributed by atoms with Crippen LogP contribution in [-0.2, 0) is 0 Å². The lowest BCUT2D eigenvalue weighted by molar-refractivity contribution is 0.506. The third-order valence-corrected chi connectivity index (χ3v) is 4.31. The van der Waals surface area contributed by atoms with Gasteiger partial charge in [-0.05, 0) is 72.5 Å². The minimum Gasteiger partial charge on any atom is -0.388 e. The Kier molecular flexibility index (Phi) is 6.55. The van der Waals surface area contributed by atoms with E-state index in [9.17, 15) is 0 Å². The molecule has 0 aromatic heterocycles. The van der Waals surface area contributed by atoms with Crippen LogP contribution in [0, 0.1) is 36.9 Å². The Hall–Kier alpha value is -4.42. The van der Waals surface area contributed by atoms with Crippen molar-refractivity contribution >= 4 is 23.8 Å². The van der Waals surface area contributed by atoms with Crippen molar-refractivity contribution < 1.29 is 9.47 Å². The first-order valence-corrected chi connectivity index (χ1v) is 9.10. The van der Waals surface area contributed by atoms with Crippen LogP contribution in [0.15, 0.2) is 70.6 Å². The number of hydrogen-bond acceptors (Lipinski definition) is 6. The van der Waals surface area contributed by atoms with E-state index < -0.39 is 0 Å². The van der Waals surface area contributed by atoms with Gasteiger partial charge in [0, 0.05) is 12.4 Å². The molecule has 0 spiro atoms. The molecule has 0 aliphatic rings. The molecule has 0 saturated carbocycles. The molecule has 0 aliphatic heterocycles. The fourth-order valence-corrected chi connectivity index (χ4v) is 2.73. The van der Waals surface area contributed by atoms with E-state index >= 15 is 0 Å². The summed E-state index contributed by atoms with van der Waals surface area (Å²) >= 11 is 0. The zero-order valence-electron chi connectivity index (χ0n) is 16.5. The summed E-state index contributed by atoms with van der Waals surface area (Å²) in [6.07, 6.45) is 6.89. The molecule has 0 heterocycles. The topological polar surface area (TPSA) is 90.8 Å². The summed E-state index contributed by atoms with van der Waals surface area (Å²) in [7, 11) is 0. The molecule has 0 radical (unpaired) electrons. The molecule has 6 heteroatoms. The number of rotatable bonds is 6. The van der Waals surface area contributed by atoms with E-state index in [2.05, 4.69) is 9.98 Å². The molecule has 3 rings (SSSR count). The van der Waals surface area contributed by atoms with Crippen molar-refractivity contribution in [2.75, 3.05) is 0 Å². The van der Waals surface area contributed by atoms with Crippen LogP contribution in [0.3, 0.4) is 0 Å². The Balaban J connectivity index is 1.68. The van der Waals surface area contributed by atoms with Crippen LogP contribution in [0.4, 0.5) is 11.4 Å². The van der Waals surface area contributed by atoms with E-state index in [-0.39, 0.29) is 0 Å². The van der Waals surface area contributed by atoms with Gasteiger partial charge in [0.2, 0.25) is 0 Å². The molecule has 0 amide bonds. The van der Waals surface area contributed by atoms with Crippen molar-refractivity contribution in [2.45, 2.75) is 13.8 Å². The number of aryl methyl sites for hydroxylation is 2. The molecule has 0 unspecified atom stereocenters. The van der Waals surface area contributed by atoms with Gasteiger partial charge in [-0.25, -0.2) is 0 Å². The van der Waals surface area contributed by atoms with E-state index in [1.807, 2.05) is 50.2 Å². The largest absolute Gasteiger partial charge is 0.388 e. The van der Waals surface area contributed by atoms with Gasteiger partial charge in [-0.2, -0.15) is 0 Å². The van der Waals surface area contributed by atoms with Gasteiger partial charge < -0.3 is 9.47 Å². The molecule has 6 nitrogen and oxygen atoms in total. The Bertz CT molecular complexity index is 1090. The first-order chi connectivity index (χ1) is 14.6. The van der Waals surface area contributed by atoms with Gasteiger partial charge in [-0.3, -0.25) is 9.98 Å². The maximum atomic E-state index is 8.57. The lowest BCUT2D eigenvalue weighted by Crippen LogP contribution is -1.87. The van der Waals surface area contributed by atoms with Gasteiger partial charge in [0.15, 0.2) is 0 Å². The summed E-state index contributed by atoms with van der Waals surface area (Å²) in [6.45, 7) is 3.83. The first-order valence-electron chi connectivity index (χ1n) is 9.10. The van der Waals surface area contributed by atoms with Gasteiger partial charge >= 0.3 is 0 Å². The minimum absolute atomic E-state index is 0.500.